The lowest BCUT2D eigenvalue weighted by molar-refractivity contribution is 0.0759. The SMILES string of the molecule is CC(C)(C)[S@@+]([O-])N[C@@H]1c2c(F)cccc2CC12CCN(C(=O)O)CC2. The molecule has 1 aliphatic heterocycles. The van der Waals surface area contributed by atoms with E-state index in [1.807, 2.05) is 26.8 Å². The predicted octanol–water partition coefficient (Wildman–Crippen LogP) is 3.23. The first kappa shape index (κ1) is 18.5. The second-order valence-corrected chi connectivity index (χ2v) is 10.1. The molecule has 2 aliphatic rings. The number of nitrogens with one attached hydrogen (secondary N) is 1. The lowest BCUT2D eigenvalue weighted by atomic mass is 9.73. The summed E-state index contributed by atoms with van der Waals surface area (Å²) in [7, 11) is 0. The van der Waals surface area contributed by atoms with Gasteiger partial charge in [0.25, 0.3) is 0 Å². The third-order valence-electron chi connectivity index (χ3n) is 5.40. The molecule has 1 aromatic carbocycles. The summed E-state index contributed by atoms with van der Waals surface area (Å²) in [4.78, 5) is 12.6. The van der Waals surface area contributed by atoms with Crippen molar-refractivity contribution < 1.29 is 18.8 Å². The van der Waals surface area contributed by atoms with Crippen molar-refractivity contribution in [3.63, 3.8) is 0 Å². The zero-order valence-electron chi connectivity index (χ0n) is 14.8. The maximum atomic E-state index is 14.6. The Kier molecular flexibility index (Phi) is 4.77. The minimum Gasteiger partial charge on any atom is -0.598 e. The van der Waals surface area contributed by atoms with Crippen molar-refractivity contribution in [1.29, 1.82) is 0 Å². The molecule has 1 heterocycles. The average Bonchev–Trinajstić information content (AvgIpc) is 2.81. The van der Waals surface area contributed by atoms with Crippen molar-refractivity contribution in [2.45, 2.75) is 50.8 Å². The summed E-state index contributed by atoms with van der Waals surface area (Å²) >= 11 is -1.33. The smallest absolute Gasteiger partial charge is 0.407 e. The van der Waals surface area contributed by atoms with E-state index in [0.29, 0.717) is 37.9 Å². The summed E-state index contributed by atoms with van der Waals surface area (Å²) in [6.45, 7) is 6.49. The second-order valence-electron chi connectivity index (χ2n) is 8.05. The number of piperidine rings is 1. The molecule has 138 valence electrons. The maximum absolute atomic E-state index is 14.6. The van der Waals surface area contributed by atoms with E-state index in [-0.39, 0.29) is 17.3 Å². The third-order valence-corrected chi connectivity index (χ3v) is 6.96. The largest absolute Gasteiger partial charge is 0.598 e. The minimum absolute atomic E-state index is 0.279. The number of carboxylic acid groups (broad SMARTS) is 1. The van der Waals surface area contributed by atoms with E-state index in [0.717, 1.165) is 5.56 Å². The summed E-state index contributed by atoms with van der Waals surface area (Å²) in [6.07, 6.45) is 1.03. The first-order valence-electron chi connectivity index (χ1n) is 8.57. The van der Waals surface area contributed by atoms with Crippen LogP contribution in [0.1, 0.15) is 50.8 Å². The van der Waals surface area contributed by atoms with Gasteiger partial charge >= 0.3 is 6.09 Å². The van der Waals surface area contributed by atoms with Crippen molar-refractivity contribution in [2.75, 3.05) is 13.1 Å². The van der Waals surface area contributed by atoms with Crippen LogP contribution in [0.25, 0.3) is 0 Å². The molecular formula is C18H25FN2O3S. The summed E-state index contributed by atoms with van der Waals surface area (Å²) < 4.78 is 30.0. The first-order chi connectivity index (χ1) is 11.6. The van der Waals surface area contributed by atoms with Gasteiger partial charge in [0.1, 0.15) is 10.6 Å². The molecule has 25 heavy (non-hydrogen) atoms. The highest BCUT2D eigenvalue weighted by atomic mass is 32.2. The molecule has 0 radical (unpaired) electrons. The molecule has 1 saturated heterocycles. The molecule has 0 aromatic heterocycles. The molecule has 1 aromatic rings. The minimum atomic E-state index is -1.33. The molecule has 1 aliphatic carbocycles. The molecule has 5 nitrogen and oxygen atoms in total. The van der Waals surface area contributed by atoms with Gasteiger partial charge in [0, 0.05) is 35.4 Å². The molecule has 2 atom stereocenters. The number of amides is 1. The number of hydrogen-bond donors (Lipinski definition) is 2. The van der Waals surface area contributed by atoms with Crippen LogP contribution in [0.15, 0.2) is 18.2 Å². The molecule has 3 rings (SSSR count). The van der Waals surface area contributed by atoms with Gasteiger partial charge in [-0.05, 0) is 51.7 Å². The Hall–Kier alpha value is -1.31. The number of fused-ring (bicyclic) bond motifs is 1. The Bertz CT molecular complexity index is 669. The van der Waals surface area contributed by atoms with Crippen molar-refractivity contribution in [1.82, 2.24) is 9.62 Å². The van der Waals surface area contributed by atoms with Gasteiger partial charge in [-0.1, -0.05) is 12.1 Å². The van der Waals surface area contributed by atoms with Gasteiger partial charge in [0.15, 0.2) is 0 Å². The topological polar surface area (TPSA) is 75.6 Å². The molecule has 0 unspecified atom stereocenters. The predicted molar refractivity (Wildman–Crippen MR) is 95.1 cm³/mol. The number of benzene rings is 1. The Morgan fingerprint density at radius 3 is 2.60 bits per heavy atom. The molecule has 1 fully saturated rings. The van der Waals surface area contributed by atoms with Crippen LogP contribution in [0.3, 0.4) is 0 Å². The van der Waals surface area contributed by atoms with Crippen molar-refractivity contribution in [2.24, 2.45) is 5.41 Å². The van der Waals surface area contributed by atoms with Crippen LogP contribution >= 0.6 is 0 Å². The fourth-order valence-electron chi connectivity index (χ4n) is 3.92. The van der Waals surface area contributed by atoms with Gasteiger partial charge in [-0.2, -0.15) is 0 Å². The van der Waals surface area contributed by atoms with E-state index in [9.17, 15) is 18.8 Å². The number of nitrogens with zero attached hydrogens (tertiary/aromatic N) is 1. The number of rotatable bonds is 2. The van der Waals surface area contributed by atoms with Gasteiger partial charge in [-0.25, -0.2) is 9.18 Å². The monoisotopic (exact) mass is 368 g/mol. The van der Waals surface area contributed by atoms with E-state index in [4.69, 9.17) is 0 Å². The number of carbonyl (C=O) groups is 1. The van der Waals surface area contributed by atoms with Crippen molar-refractivity contribution in [3.05, 3.63) is 35.1 Å². The summed E-state index contributed by atoms with van der Waals surface area (Å²) in [5.41, 5.74) is 1.24. The number of hydrogen-bond acceptors (Lipinski definition) is 3. The Balaban J connectivity index is 1.93. The molecule has 0 saturated carbocycles. The van der Waals surface area contributed by atoms with Gasteiger partial charge in [0.05, 0.1) is 6.04 Å². The summed E-state index contributed by atoms with van der Waals surface area (Å²) in [5, 5.41) is 9.21. The molecule has 2 N–H and O–H groups in total. The molecular weight excluding hydrogens is 343 g/mol. The normalized spacial score (nSPS) is 23.6. The van der Waals surface area contributed by atoms with E-state index >= 15 is 0 Å². The van der Waals surface area contributed by atoms with Crippen molar-refractivity contribution >= 4 is 17.5 Å². The van der Waals surface area contributed by atoms with Crippen LogP contribution in [0.5, 0.6) is 0 Å². The number of likely N-dealkylation sites (tertiary alicyclic amines) is 1. The lowest BCUT2D eigenvalue weighted by Crippen LogP contribution is -2.50. The summed E-state index contributed by atoms with van der Waals surface area (Å²) in [5.74, 6) is -0.279. The van der Waals surface area contributed by atoms with Crippen LogP contribution in [0.2, 0.25) is 0 Å². The van der Waals surface area contributed by atoms with Crippen LogP contribution in [-0.2, 0) is 17.8 Å². The van der Waals surface area contributed by atoms with E-state index in [2.05, 4.69) is 4.72 Å². The molecule has 1 amide bonds. The van der Waals surface area contributed by atoms with Gasteiger partial charge < -0.3 is 14.6 Å². The highest BCUT2D eigenvalue weighted by Crippen LogP contribution is 2.53. The molecule has 7 heteroatoms. The van der Waals surface area contributed by atoms with E-state index < -0.39 is 22.2 Å². The lowest BCUT2D eigenvalue weighted by Gasteiger charge is -2.43. The second kappa shape index (κ2) is 6.45. The van der Waals surface area contributed by atoms with Crippen molar-refractivity contribution in [3.8, 4) is 0 Å². The zero-order chi connectivity index (χ0) is 18.4. The quantitative estimate of drug-likeness (QED) is 0.786. The van der Waals surface area contributed by atoms with Gasteiger partial charge in [-0.3, -0.25) is 0 Å². The van der Waals surface area contributed by atoms with Crippen LogP contribution < -0.4 is 4.72 Å². The standard InChI is InChI=1S/C18H25FN2O3S/c1-17(2,3)25(24)20-15-14-12(5-4-6-13(14)19)11-18(15)7-9-21(10-8-18)16(22)23/h4-6,15,20H,7-11H2,1-3H3,(H,22,23)/t15-,25-/m1/s1. The van der Waals surface area contributed by atoms with Gasteiger partial charge in [0.2, 0.25) is 0 Å². The maximum Gasteiger partial charge on any atom is 0.407 e. The van der Waals surface area contributed by atoms with E-state index in [1.165, 1.54) is 11.0 Å². The average molecular weight is 368 g/mol. The highest BCUT2D eigenvalue weighted by Gasteiger charge is 2.51. The van der Waals surface area contributed by atoms with Crippen LogP contribution in [-0.4, -0.2) is 38.5 Å². The van der Waals surface area contributed by atoms with Crippen LogP contribution in [0, 0.1) is 11.2 Å². The highest BCUT2D eigenvalue weighted by molar-refractivity contribution is 7.90. The fourth-order valence-corrected chi connectivity index (χ4v) is 4.86. The van der Waals surface area contributed by atoms with Gasteiger partial charge in [-0.15, -0.1) is 4.72 Å². The number of halogens is 1. The Morgan fingerprint density at radius 1 is 1.40 bits per heavy atom. The summed E-state index contributed by atoms with van der Waals surface area (Å²) in [6, 6.07) is 4.71. The molecule has 1 spiro atoms. The zero-order valence-corrected chi connectivity index (χ0v) is 15.7. The Morgan fingerprint density at radius 2 is 2.04 bits per heavy atom. The Labute approximate surface area is 150 Å². The fraction of sp³-hybridized carbons (Fsp3) is 0.611. The third kappa shape index (κ3) is 3.37. The first-order valence-corrected chi connectivity index (χ1v) is 9.72. The molecule has 0 bridgehead atoms. The van der Waals surface area contributed by atoms with E-state index in [1.54, 1.807) is 6.07 Å². The van der Waals surface area contributed by atoms with Crippen LogP contribution in [0.4, 0.5) is 9.18 Å².